The zero-order chi connectivity index (χ0) is 17.6. The summed E-state index contributed by atoms with van der Waals surface area (Å²) >= 11 is 0. The van der Waals surface area contributed by atoms with Gasteiger partial charge in [0.25, 0.3) is 0 Å². The van der Waals surface area contributed by atoms with Crippen molar-refractivity contribution in [3.63, 3.8) is 0 Å². The van der Waals surface area contributed by atoms with Gasteiger partial charge in [0, 0.05) is 0 Å². The van der Waals surface area contributed by atoms with E-state index in [1.165, 1.54) is 76.3 Å². The Kier molecular flexibility index (Phi) is 15.4. The van der Waals surface area contributed by atoms with Crippen molar-refractivity contribution in [3.8, 4) is 5.75 Å². The summed E-state index contributed by atoms with van der Waals surface area (Å²) in [6, 6.07) is 4.43. The number of unbranched alkanes of at least 4 members (excludes halogenated alkanes) is 11. The number of carbonyl (C=O) groups is 1. The van der Waals surface area contributed by atoms with E-state index in [2.05, 4.69) is 6.92 Å². The minimum Gasteiger partial charge on any atom is -0.872 e. The van der Waals surface area contributed by atoms with Gasteiger partial charge in [-0.25, -0.2) is 4.79 Å². The molecule has 0 aliphatic carbocycles. The van der Waals surface area contributed by atoms with E-state index in [0.717, 1.165) is 24.8 Å². The molecular formula is C21H33NaO3. The zero-order valence-corrected chi connectivity index (χ0v) is 18.2. The Hall–Kier alpha value is -0.510. The number of aryl methyl sites for hydroxylation is 1. The average Bonchev–Trinajstić information content (AvgIpc) is 2.57. The second-order valence-electron chi connectivity index (χ2n) is 6.77. The Morgan fingerprint density at radius 1 is 0.880 bits per heavy atom. The van der Waals surface area contributed by atoms with Crippen LogP contribution in [0.4, 0.5) is 0 Å². The molecule has 1 aromatic rings. The van der Waals surface area contributed by atoms with Crippen molar-refractivity contribution in [1.82, 2.24) is 0 Å². The van der Waals surface area contributed by atoms with Crippen LogP contribution in [-0.2, 0) is 6.42 Å². The first-order valence-corrected chi connectivity index (χ1v) is 9.68. The fourth-order valence-electron chi connectivity index (χ4n) is 3.05. The third kappa shape index (κ3) is 11.7. The minimum absolute atomic E-state index is 0. The molecule has 0 fully saturated rings. The van der Waals surface area contributed by atoms with E-state index >= 15 is 0 Å². The third-order valence-electron chi connectivity index (χ3n) is 4.61. The molecule has 0 unspecified atom stereocenters. The summed E-state index contributed by atoms with van der Waals surface area (Å²) in [5.74, 6) is -1.18. The van der Waals surface area contributed by atoms with Crippen molar-refractivity contribution in [2.45, 2.75) is 90.4 Å². The van der Waals surface area contributed by atoms with Gasteiger partial charge in [0.05, 0.1) is 5.56 Å². The van der Waals surface area contributed by atoms with Crippen LogP contribution in [0.25, 0.3) is 0 Å². The normalized spacial score (nSPS) is 10.4. The molecule has 0 amide bonds. The number of hydrogen-bond donors (Lipinski definition) is 1. The summed E-state index contributed by atoms with van der Waals surface area (Å²) in [5, 5.41) is 20.7. The fraction of sp³-hybridized carbons (Fsp3) is 0.667. The maximum Gasteiger partial charge on any atom is 1.00 e. The molecule has 0 saturated carbocycles. The first kappa shape index (κ1) is 24.5. The molecule has 3 nitrogen and oxygen atoms in total. The van der Waals surface area contributed by atoms with Gasteiger partial charge in [-0.1, -0.05) is 95.2 Å². The van der Waals surface area contributed by atoms with Crippen LogP contribution in [0.5, 0.6) is 5.75 Å². The summed E-state index contributed by atoms with van der Waals surface area (Å²) in [5.41, 5.74) is 0.825. The van der Waals surface area contributed by atoms with Gasteiger partial charge in [-0.3, -0.25) is 0 Å². The monoisotopic (exact) mass is 356 g/mol. The van der Waals surface area contributed by atoms with Crippen molar-refractivity contribution < 1.29 is 44.6 Å². The topological polar surface area (TPSA) is 60.4 Å². The molecule has 0 saturated heterocycles. The van der Waals surface area contributed by atoms with Crippen molar-refractivity contribution >= 4 is 5.97 Å². The van der Waals surface area contributed by atoms with Gasteiger partial charge in [0.1, 0.15) is 0 Å². The summed E-state index contributed by atoms with van der Waals surface area (Å²) in [6.07, 6.45) is 16.4. The van der Waals surface area contributed by atoms with Gasteiger partial charge in [0.2, 0.25) is 0 Å². The fourth-order valence-corrected chi connectivity index (χ4v) is 3.05. The molecule has 25 heavy (non-hydrogen) atoms. The molecule has 0 aliphatic rings. The molecule has 0 bridgehead atoms. The Morgan fingerprint density at radius 3 is 1.80 bits per heavy atom. The zero-order valence-electron chi connectivity index (χ0n) is 16.2. The van der Waals surface area contributed by atoms with E-state index in [-0.39, 0.29) is 40.9 Å². The molecule has 1 rings (SSSR count). The molecule has 0 aliphatic heterocycles. The Labute approximate surface area is 175 Å². The Bertz CT molecular complexity index is 474. The summed E-state index contributed by atoms with van der Waals surface area (Å²) in [4.78, 5) is 10.8. The SMILES string of the molecule is CCCCCCCCCCCCCCc1ccc(C(=O)O)cc1[O-].[Na+]. The molecule has 1 N–H and O–H groups in total. The maximum absolute atomic E-state index is 11.8. The average molecular weight is 356 g/mol. The van der Waals surface area contributed by atoms with Crippen molar-refractivity contribution in [2.75, 3.05) is 0 Å². The Morgan fingerprint density at radius 2 is 1.36 bits per heavy atom. The predicted octanol–water partition coefficient (Wildman–Crippen LogP) is 2.71. The molecule has 0 spiro atoms. The van der Waals surface area contributed by atoms with Gasteiger partial charge < -0.3 is 10.2 Å². The number of rotatable bonds is 14. The number of carboxylic acids is 1. The summed E-state index contributed by atoms with van der Waals surface area (Å²) < 4.78 is 0. The quantitative estimate of drug-likeness (QED) is 0.412. The number of benzene rings is 1. The molecule has 0 atom stereocenters. The molecule has 4 heteroatoms. The molecule has 0 aromatic heterocycles. The van der Waals surface area contributed by atoms with E-state index in [1.807, 2.05) is 0 Å². The van der Waals surface area contributed by atoms with E-state index in [9.17, 15) is 9.90 Å². The van der Waals surface area contributed by atoms with Crippen molar-refractivity contribution in [3.05, 3.63) is 29.3 Å². The van der Waals surface area contributed by atoms with Crippen LogP contribution in [0, 0.1) is 0 Å². The second kappa shape index (κ2) is 15.7. The molecule has 136 valence electrons. The van der Waals surface area contributed by atoms with E-state index in [4.69, 9.17) is 5.11 Å². The standard InChI is InChI=1S/C21H34O3.Na/c1-2-3-4-5-6-7-8-9-10-11-12-13-14-18-15-16-19(21(23)24)17-20(18)22;/h15-17,22H,2-14H2,1H3,(H,23,24);/q;+1/p-1. The summed E-state index contributed by atoms with van der Waals surface area (Å²) in [7, 11) is 0. The first-order chi connectivity index (χ1) is 11.6. The van der Waals surface area contributed by atoms with Crippen molar-refractivity contribution in [1.29, 1.82) is 0 Å². The van der Waals surface area contributed by atoms with Crippen LogP contribution in [0.1, 0.15) is 99.9 Å². The smallest absolute Gasteiger partial charge is 0.872 e. The molecule has 0 heterocycles. The van der Waals surface area contributed by atoms with E-state index in [1.54, 1.807) is 6.07 Å². The van der Waals surface area contributed by atoms with Gasteiger partial charge >= 0.3 is 35.5 Å². The van der Waals surface area contributed by atoms with Gasteiger partial charge in [-0.15, -0.1) is 5.75 Å². The van der Waals surface area contributed by atoms with Crippen LogP contribution in [0.15, 0.2) is 18.2 Å². The van der Waals surface area contributed by atoms with Gasteiger partial charge in [-0.05, 0) is 18.9 Å². The van der Waals surface area contributed by atoms with Crippen LogP contribution in [0.3, 0.4) is 0 Å². The van der Waals surface area contributed by atoms with Crippen LogP contribution in [0.2, 0.25) is 0 Å². The van der Waals surface area contributed by atoms with Crippen LogP contribution < -0.4 is 34.7 Å². The molecule has 1 aromatic carbocycles. The van der Waals surface area contributed by atoms with Gasteiger partial charge in [0.15, 0.2) is 0 Å². The van der Waals surface area contributed by atoms with E-state index in [0.29, 0.717) is 0 Å². The number of aromatic carboxylic acids is 1. The first-order valence-electron chi connectivity index (χ1n) is 9.68. The molecule has 0 radical (unpaired) electrons. The van der Waals surface area contributed by atoms with Crippen molar-refractivity contribution in [2.24, 2.45) is 0 Å². The minimum atomic E-state index is -1.04. The number of hydrogen-bond acceptors (Lipinski definition) is 2. The predicted molar refractivity (Wildman–Crippen MR) is 97.6 cm³/mol. The number of carboxylic acid groups (broad SMARTS) is 1. The Balaban J connectivity index is 0.00000576. The van der Waals surface area contributed by atoms with Gasteiger partial charge in [-0.2, -0.15) is 0 Å². The van der Waals surface area contributed by atoms with E-state index < -0.39 is 5.97 Å². The maximum atomic E-state index is 11.8. The van der Waals surface area contributed by atoms with Crippen LogP contribution >= 0.6 is 0 Å². The largest absolute Gasteiger partial charge is 1.00 e. The molecular weight excluding hydrogens is 323 g/mol. The third-order valence-corrected chi connectivity index (χ3v) is 4.61. The van der Waals surface area contributed by atoms with Crippen LogP contribution in [-0.4, -0.2) is 11.1 Å². The summed E-state index contributed by atoms with van der Waals surface area (Å²) in [6.45, 7) is 2.25. The second-order valence-corrected chi connectivity index (χ2v) is 6.77.